The summed E-state index contributed by atoms with van der Waals surface area (Å²) in [6, 6.07) is 11.7. The Kier molecular flexibility index (Phi) is 4.53. The largest absolute Gasteiger partial charge is 0.435 e. The molecule has 26 heavy (non-hydrogen) atoms. The molecule has 2 aromatic heterocycles. The number of H-pyrrole nitrogens is 1. The van der Waals surface area contributed by atoms with Crippen LogP contribution in [-0.4, -0.2) is 41.2 Å². The minimum atomic E-state index is -0.260. The van der Waals surface area contributed by atoms with E-state index in [2.05, 4.69) is 20.5 Å². The van der Waals surface area contributed by atoms with Crippen molar-refractivity contribution in [3.63, 3.8) is 0 Å². The van der Waals surface area contributed by atoms with Crippen molar-refractivity contribution in [2.45, 2.75) is 18.8 Å². The Morgan fingerprint density at radius 1 is 1.23 bits per heavy atom. The third-order valence-electron chi connectivity index (χ3n) is 4.72. The van der Waals surface area contributed by atoms with Crippen molar-refractivity contribution in [3.05, 3.63) is 54.2 Å². The monoisotopic (exact) mass is 351 g/mol. The number of piperidine rings is 1. The van der Waals surface area contributed by atoms with Crippen LogP contribution in [0.5, 0.6) is 0 Å². The first-order valence-electron chi connectivity index (χ1n) is 8.77. The van der Waals surface area contributed by atoms with E-state index in [1.54, 1.807) is 7.05 Å². The van der Waals surface area contributed by atoms with Gasteiger partial charge < -0.3 is 9.73 Å². The zero-order chi connectivity index (χ0) is 17.9. The molecule has 0 bridgehead atoms. The fourth-order valence-electron chi connectivity index (χ4n) is 3.16. The van der Waals surface area contributed by atoms with Gasteiger partial charge in [0, 0.05) is 19.0 Å². The number of anilines is 1. The second-order valence-corrected chi connectivity index (χ2v) is 6.46. The van der Waals surface area contributed by atoms with Gasteiger partial charge in [-0.2, -0.15) is 5.10 Å². The third-order valence-corrected chi connectivity index (χ3v) is 4.72. The Hall–Kier alpha value is -2.93. The summed E-state index contributed by atoms with van der Waals surface area (Å²) in [4.78, 5) is 18.5. The summed E-state index contributed by atoms with van der Waals surface area (Å²) in [5, 5.41) is 10.5. The highest BCUT2D eigenvalue weighted by Crippen LogP contribution is 2.26. The second-order valence-electron chi connectivity index (χ2n) is 6.46. The number of aromatic nitrogens is 3. The van der Waals surface area contributed by atoms with Gasteiger partial charge in [-0.15, -0.1) is 0 Å². The summed E-state index contributed by atoms with van der Waals surface area (Å²) >= 11 is 0. The standard InChI is InChI=1S/C19H21N5O2/c1-24(17-11-15(22-23-17)13-5-3-2-4-6-13)19(25)16-12-21-18(26-16)14-7-9-20-10-8-14/h2-6,11-12,14,20H,7-10H2,1H3,(H,22,23). The molecule has 0 atom stereocenters. The molecule has 2 N–H and O–H groups in total. The van der Waals surface area contributed by atoms with Crippen LogP contribution in [0.4, 0.5) is 5.82 Å². The van der Waals surface area contributed by atoms with E-state index >= 15 is 0 Å². The lowest BCUT2D eigenvalue weighted by Crippen LogP contribution is -2.27. The molecule has 0 aliphatic carbocycles. The van der Waals surface area contributed by atoms with Crippen LogP contribution in [0.25, 0.3) is 11.3 Å². The molecular formula is C19H21N5O2. The zero-order valence-electron chi connectivity index (χ0n) is 14.6. The van der Waals surface area contributed by atoms with Crippen LogP contribution in [0.15, 0.2) is 47.0 Å². The number of oxazole rings is 1. The molecule has 1 aromatic carbocycles. The van der Waals surface area contributed by atoms with Crippen molar-refractivity contribution in [1.82, 2.24) is 20.5 Å². The quantitative estimate of drug-likeness (QED) is 0.755. The predicted octanol–water partition coefficient (Wildman–Crippen LogP) is 2.81. The molecule has 0 radical (unpaired) electrons. The number of hydrogen-bond acceptors (Lipinski definition) is 5. The molecule has 3 aromatic rings. The number of carbonyl (C=O) groups is 1. The van der Waals surface area contributed by atoms with Crippen LogP contribution in [0, 0.1) is 0 Å². The molecule has 1 aliphatic rings. The van der Waals surface area contributed by atoms with Crippen LogP contribution in [0.3, 0.4) is 0 Å². The maximum absolute atomic E-state index is 12.7. The topological polar surface area (TPSA) is 87.0 Å². The maximum Gasteiger partial charge on any atom is 0.296 e. The third kappa shape index (κ3) is 3.25. The lowest BCUT2D eigenvalue weighted by Gasteiger charge is -2.19. The van der Waals surface area contributed by atoms with Gasteiger partial charge in [-0.3, -0.25) is 14.8 Å². The summed E-state index contributed by atoms with van der Waals surface area (Å²) in [6.45, 7) is 1.90. The van der Waals surface area contributed by atoms with Crippen LogP contribution in [0.2, 0.25) is 0 Å². The first kappa shape index (κ1) is 16.5. The fourth-order valence-corrected chi connectivity index (χ4v) is 3.16. The van der Waals surface area contributed by atoms with Gasteiger partial charge in [-0.1, -0.05) is 30.3 Å². The number of carbonyl (C=O) groups excluding carboxylic acids is 1. The normalized spacial score (nSPS) is 15.1. The Bertz CT molecular complexity index is 880. The van der Waals surface area contributed by atoms with Gasteiger partial charge in [0.25, 0.3) is 5.91 Å². The Morgan fingerprint density at radius 2 is 2.00 bits per heavy atom. The minimum Gasteiger partial charge on any atom is -0.435 e. The molecule has 1 aliphatic heterocycles. The average Bonchev–Trinajstić information content (AvgIpc) is 3.38. The van der Waals surface area contributed by atoms with E-state index < -0.39 is 0 Å². The number of hydrogen-bond donors (Lipinski definition) is 2. The summed E-state index contributed by atoms with van der Waals surface area (Å²) in [6.07, 6.45) is 3.47. The number of aromatic amines is 1. The van der Waals surface area contributed by atoms with Gasteiger partial charge in [-0.25, -0.2) is 4.98 Å². The molecule has 134 valence electrons. The number of nitrogens with one attached hydrogen (secondary N) is 2. The summed E-state index contributed by atoms with van der Waals surface area (Å²) in [5.41, 5.74) is 1.87. The second kappa shape index (κ2) is 7.13. The first-order valence-corrected chi connectivity index (χ1v) is 8.77. The van der Waals surface area contributed by atoms with Crippen molar-refractivity contribution >= 4 is 11.7 Å². The molecule has 0 saturated carbocycles. The van der Waals surface area contributed by atoms with Gasteiger partial charge in [0.2, 0.25) is 5.76 Å². The van der Waals surface area contributed by atoms with Gasteiger partial charge in [0.05, 0.1) is 11.9 Å². The fraction of sp³-hybridized carbons (Fsp3) is 0.316. The number of rotatable bonds is 4. The lowest BCUT2D eigenvalue weighted by molar-refractivity contribution is 0.0963. The molecule has 3 heterocycles. The zero-order valence-corrected chi connectivity index (χ0v) is 14.6. The average molecular weight is 351 g/mol. The van der Waals surface area contributed by atoms with Crippen LogP contribution < -0.4 is 10.2 Å². The SMILES string of the molecule is CN(C(=O)c1cnc(C2CCNCC2)o1)c1cc(-c2ccccc2)[nH]n1. The van der Waals surface area contributed by atoms with E-state index in [0.29, 0.717) is 11.7 Å². The summed E-state index contributed by atoms with van der Waals surface area (Å²) < 4.78 is 5.75. The Labute approximate surface area is 151 Å². The smallest absolute Gasteiger partial charge is 0.296 e. The number of benzene rings is 1. The van der Waals surface area contributed by atoms with Crippen molar-refractivity contribution in [1.29, 1.82) is 0 Å². The number of nitrogens with zero attached hydrogens (tertiary/aromatic N) is 3. The van der Waals surface area contributed by atoms with Crippen molar-refractivity contribution < 1.29 is 9.21 Å². The predicted molar refractivity (Wildman–Crippen MR) is 98.1 cm³/mol. The van der Waals surface area contributed by atoms with E-state index in [1.165, 1.54) is 11.1 Å². The summed E-state index contributed by atoms with van der Waals surface area (Å²) in [5.74, 6) is 1.44. The number of amides is 1. The summed E-state index contributed by atoms with van der Waals surface area (Å²) in [7, 11) is 1.68. The van der Waals surface area contributed by atoms with Crippen molar-refractivity contribution in [2.24, 2.45) is 0 Å². The maximum atomic E-state index is 12.7. The molecule has 0 unspecified atom stereocenters. The van der Waals surface area contributed by atoms with Gasteiger partial charge in [-0.05, 0) is 31.5 Å². The van der Waals surface area contributed by atoms with Crippen molar-refractivity contribution in [2.75, 3.05) is 25.0 Å². The molecule has 7 heteroatoms. The van der Waals surface area contributed by atoms with Crippen LogP contribution >= 0.6 is 0 Å². The highest BCUT2D eigenvalue weighted by atomic mass is 16.4. The highest BCUT2D eigenvalue weighted by molar-refractivity contribution is 6.03. The van der Waals surface area contributed by atoms with E-state index in [-0.39, 0.29) is 17.6 Å². The van der Waals surface area contributed by atoms with E-state index in [0.717, 1.165) is 37.2 Å². The van der Waals surface area contributed by atoms with Gasteiger partial charge >= 0.3 is 0 Å². The van der Waals surface area contributed by atoms with Gasteiger partial charge in [0.15, 0.2) is 11.7 Å². The van der Waals surface area contributed by atoms with E-state index in [1.807, 2.05) is 36.4 Å². The van der Waals surface area contributed by atoms with Crippen LogP contribution in [-0.2, 0) is 0 Å². The molecular weight excluding hydrogens is 330 g/mol. The molecule has 7 nitrogen and oxygen atoms in total. The molecule has 1 fully saturated rings. The van der Waals surface area contributed by atoms with Crippen molar-refractivity contribution in [3.8, 4) is 11.3 Å². The Morgan fingerprint density at radius 3 is 2.77 bits per heavy atom. The minimum absolute atomic E-state index is 0.241. The highest BCUT2D eigenvalue weighted by Gasteiger charge is 2.24. The van der Waals surface area contributed by atoms with Gasteiger partial charge in [0.1, 0.15) is 0 Å². The van der Waals surface area contributed by atoms with Crippen LogP contribution in [0.1, 0.15) is 35.2 Å². The molecule has 1 amide bonds. The first-order chi connectivity index (χ1) is 12.7. The Balaban J connectivity index is 1.50. The van der Waals surface area contributed by atoms with E-state index in [9.17, 15) is 4.79 Å². The molecule has 4 rings (SSSR count). The molecule has 0 spiro atoms. The molecule has 1 saturated heterocycles. The van der Waals surface area contributed by atoms with E-state index in [4.69, 9.17) is 4.42 Å². The lowest BCUT2D eigenvalue weighted by atomic mass is 9.98.